The average Bonchev–Trinajstić information content (AvgIpc) is 3.53. The zero-order valence-electron chi connectivity index (χ0n) is 20.0. The summed E-state index contributed by atoms with van der Waals surface area (Å²) in [7, 11) is 1.67. The fraction of sp³-hybridized carbons (Fsp3) is 0.591. The van der Waals surface area contributed by atoms with Gasteiger partial charge in [-0.25, -0.2) is 9.36 Å². The topological polar surface area (TPSA) is 124 Å². The van der Waals surface area contributed by atoms with Gasteiger partial charge in [0.1, 0.15) is 23.8 Å². The Morgan fingerprint density at radius 2 is 2.09 bits per heavy atom. The van der Waals surface area contributed by atoms with E-state index in [-0.39, 0.29) is 18.5 Å². The van der Waals surface area contributed by atoms with E-state index in [1.54, 1.807) is 45.6 Å². The Bertz CT molecular complexity index is 1060. The van der Waals surface area contributed by atoms with Gasteiger partial charge in [-0.1, -0.05) is 17.0 Å². The molecule has 4 atom stereocenters. The molecule has 0 radical (unpaired) electrons. The predicted molar refractivity (Wildman–Crippen MR) is 121 cm³/mol. The highest BCUT2D eigenvalue weighted by Gasteiger charge is 2.41. The number of hydrogen-bond donors (Lipinski definition) is 1. The quantitative estimate of drug-likeness (QED) is 0.568. The molecule has 0 aromatic carbocycles. The molecule has 4 rings (SSSR count). The molecule has 0 bridgehead atoms. The summed E-state index contributed by atoms with van der Waals surface area (Å²) in [4.78, 5) is 16.3. The van der Waals surface area contributed by atoms with E-state index < -0.39 is 18.4 Å². The minimum Gasteiger partial charge on any atom is -0.390 e. The second kappa shape index (κ2) is 10.0. The van der Waals surface area contributed by atoms with E-state index in [0.717, 1.165) is 12.1 Å². The van der Waals surface area contributed by atoms with Gasteiger partial charge in [-0.3, -0.25) is 9.69 Å². The molecule has 2 aromatic heterocycles. The van der Waals surface area contributed by atoms with Crippen LogP contribution >= 0.6 is 0 Å². The van der Waals surface area contributed by atoms with Gasteiger partial charge in [-0.2, -0.15) is 0 Å². The summed E-state index contributed by atoms with van der Waals surface area (Å²) in [6, 6.07) is 0.124. The van der Waals surface area contributed by atoms with Crippen molar-refractivity contribution in [2.24, 2.45) is 0 Å². The summed E-state index contributed by atoms with van der Waals surface area (Å²) in [5.41, 5.74) is 1.99. The van der Waals surface area contributed by atoms with E-state index in [1.807, 2.05) is 20.0 Å². The molecule has 2 aliphatic heterocycles. The third kappa shape index (κ3) is 5.03. The van der Waals surface area contributed by atoms with Crippen LogP contribution in [0.2, 0.25) is 0 Å². The number of rotatable bonds is 9. The number of carbonyl (C=O) groups excluding carboxylic acids is 1. The minimum atomic E-state index is -0.685. The van der Waals surface area contributed by atoms with Crippen LogP contribution < -0.4 is 0 Å². The molecule has 34 heavy (non-hydrogen) atoms. The van der Waals surface area contributed by atoms with Crippen LogP contribution in [0.3, 0.4) is 0 Å². The van der Waals surface area contributed by atoms with E-state index in [2.05, 4.69) is 27.2 Å². The van der Waals surface area contributed by atoms with Gasteiger partial charge in [0.2, 0.25) is 0 Å². The summed E-state index contributed by atoms with van der Waals surface area (Å²) >= 11 is 0. The molecule has 0 spiro atoms. The molecule has 12 heteroatoms. The number of nitrogens with zero attached hydrogens (tertiary/aromatic N) is 8. The van der Waals surface area contributed by atoms with Crippen LogP contribution in [0.1, 0.15) is 44.1 Å². The van der Waals surface area contributed by atoms with Crippen molar-refractivity contribution in [3.05, 3.63) is 48.0 Å². The second-order valence-electron chi connectivity index (χ2n) is 8.86. The van der Waals surface area contributed by atoms with Crippen molar-refractivity contribution in [3.8, 4) is 0 Å². The fourth-order valence-corrected chi connectivity index (χ4v) is 4.12. The number of aryl methyl sites for hydroxylation is 1. The van der Waals surface area contributed by atoms with Gasteiger partial charge in [0.25, 0.3) is 5.91 Å². The smallest absolute Gasteiger partial charge is 0.256 e. The lowest BCUT2D eigenvalue weighted by Gasteiger charge is -2.38. The van der Waals surface area contributed by atoms with Gasteiger partial charge in [0, 0.05) is 38.1 Å². The van der Waals surface area contributed by atoms with Crippen molar-refractivity contribution >= 4 is 5.91 Å². The summed E-state index contributed by atoms with van der Waals surface area (Å²) in [6.45, 7) is 11.0. The second-order valence-corrected chi connectivity index (χ2v) is 8.86. The van der Waals surface area contributed by atoms with Gasteiger partial charge >= 0.3 is 0 Å². The zero-order valence-corrected chi connectivity index (χ0v) is 20.0. The molecule has 2 aromatic rings. The molecule has 1 amide bonds. The Morgan fingerprint density at radius 1 is 1.29 bits per heavy atom. The molecule has 4 unspecified atom stereocenters. The highest BCUT2D eigenvalue weighted by molar-refractivity contribution is 5.94. The Kier molecular flexibility index (Phi) is 7.10. The molecule has 1 fully saturated rings. The number of ether oxygens (including phenoxy) is 2. The summed E-state index contributed by atoms with van der Waals surface area (Å²) in [6.07, 6.45) is 4.94. The van der Waals surface area contributed by atoms with Gasteiger partial charge < -0.3 is 19.5 Å². The van der Waals surface area contributed by atoms with E-state index in [0.29, 0.717) is 36.7 Å². The average molecular weight is 473 g/mol. The van der Waals surface area contributed by atoms with Crippen LogP contribution in [0.5, 0.6) is 0 Å². The molecule has 12 nitrogen and oxygen atoms in total. The van der Waals surface area contributed by atoms with Crippen molar-refractivity contribution in [3.63, 3.8) is 0 Å². The lowest BCUT2D eigenvalue weighted by atomic mass is 10.1. The van der Waals surface area contributed by atoms with Crippen LogP contribution in [0.4, 0.5) is 0 Å². The van der Waals surface area contributed by atoms with Gasteiger partial charge in [-0.05, 0) is 27.2 Å². The van der Waals surface area contributed by atoms with Crippen molar-refractivity contribution in [1.29, 1.82) is 0 Å². The van der Waals surface area contributed by atoms with Crippen LogP contribution in [-0.2, 0) is 27.4 Å². The zero-order chi connectivity index (χ0) is 24.4. The molecule has 4 heterocycles. The molecule has 184 valence electrons. The number of aliphatic hydroxyl groups excluding tert-OH is 1. The Morgan fingerprint density at radius 3 is 2.79 bits per heavy atom. The van der Waals surface area contributed by atoms with Crippen molar-refractivity contribution in [2.45, 2.75) is 71.2 Å². The van der Waals surface area contributed by atoms with E-state index in [1.165, 1.54) is 0 Å². The number of carbonyl (C=O) groups is 1. The number of amides is 1. The first-order valence-electron chi connectivity index (χ1n) is 11.3. The SMILES string of the molecule is C=C1N(Cc2cn(C(C)CCOC)nn2)C(=O)C(C)=CN1C1CC(O)C(Cn2cc(C)nn2)O1. The molecule has 0 saturated carbocycles. The molecular formula is C22H32N8O4. The highest BCUT2D eigenvalue weighted by atomic mass is 16.5. The number of hydrogen-bond acceptors (Lipinski definition) is 9. The minimum absolute atomic E-state index is 0.124. The van der Waals surface area contributed by atoms with E-state index in [4.69, 9.17) is 9.47 Å². The van der Waals surface area contributed by atoms with Crippen molar-refractivity contribution in [1.82, 2.24) is 39.8 Å². The standard InChI is InChI=1S/C22H32N8O4/c1-14-9-28(21-8-19(31)20(34-21)13-27-10-15(2)23-25-27)17(4)29(22(14)32)11-18-12-30(26-24-18)16(3)6-7-33-5/h9-10,12,16,19-21,31H,4,6-8,11,13H2,1-3,5H3. The maximum Gasteiger partial charge on any atom is 0.256 e. The third-order valence-corrected chi connectivity index (χ3v) is 6.13. The monoisotopic (exact) mass is 472 g/mol. The first kappa shape index (κ1) is 24.0. The van der Waals surface area contributed by atoms with Crippen LogP contribution in [0.15, 0.2) is 36.6 Å². The Labute approximate surface area is 198 Å². The summed E-state index contributed by atoms with van der Waals surface area (Å²) in [5.74, 6) is 0.309. The van der Waals surface area contributed by atoms with E-state index in [9.17, 15) is 9.90 Å². The molecule has 1 N–H and O–H groups in total. The maximum absolute atomic E-state index is 12.9. The summed E-state index contributed by atoms with van der Waals surface area (Å²) < 4.78 is 14.7. The first-order chi connectivity index (χ1) is 16.3. The normalized spacial score (nSPS) is 24.1. The highest BCUT2D eigenvalue weighted by Crippen LogP contribution is 2.32. The van der Waals surface area contributed by atoms with Crippen molar-refractivity contribution in [2.75, 3.05) is 13.7 Å². The van der Waals surface area contributed by atoms with Crippen LogP contribution in [-0.4, -0.2) is 83.0 Å². The third-order valence-electron chi connectivity index (χ3n) is 6.13. The maximum atomic E-state index is 12.9. The predicted octanol–water partition coefficient (Wildman–Crippen LogP) is 0.971. The summed E-state index contributed by atoms with van der Waals surface area (Å²) in [5, 5.41) is 27.1. The molecule has 1 saturated heterocycles. The lowest BCUT2D eigenvalue weighted by molar-refractivity contribution is -0.130. The number of methoxy groups -OCH3 is 1. The van der Waals surface area contributed by atoms with Crippen molar-refractivity contribution < 1.29 is 19.4 Å². The Hall–Kier alpha value is -3.09. The molecule has 0 aliphatic carbocycles. The van der Waals surface area contributed by atoms with Crippen LogP contribution in [0.25, 0.3) is 0 Å². The molecule has 2 aliphatic rings. The molecular weight excluding hydrogens is 440 g/mol. The number of aromatic nitrogens is 6. The largest absolute Gasteiger partial charge is 0.390 e. The van der Waals surface area contributed by atoms with Gasteiger partial charge in [0.05, 0.1) is 37.1 Å². The first-order valence-corrected chi connectivity index (χ1v) is 11.3. The van der Waals surface area contributed by atoms with Gasteiger partial charge in [-0.15, -0.1) is 10.2 Å². The van der Waals surface area contributed by atoms with Crippen LogP contribution in [0, 0.1) is 6.92 Å². The fourth-order valence-electron chi connectivity index (χ4n) is 4.12. The lowest BCUT2D eigenvalue weighted by Crippen LogP contribution is -2.45. The van der Waals surface area contributed by atoms with E-state index >= 15 is 0 Å². The van der Waals surface area contributed by atoms with Gasteiger partial charge in [0.15, 0.2) is 0 Å². The Balaban J connectivity index is 1.44. The number of aliphatic hydroxyl groups is 1.